The van der Waals surface area contributed by atoms with Crippen LogP contribution >= 0.6 is 23.5 Å². The molecule has 4 fully saturated rings. The highest BCUT2D eigenvalue weighted by molar-refractivity contribution is 7.65. The SMILES string of the molecule is CCN1/C(=C/C=C/C2=[N+](CCCCCC(=O)NCCNC(=O)OC3[C@@H](COP(=O)([O-])OP(=O)([O-])OP(=O)([O-])O)O[C@@H](n4cnc5c(N)ncnc54)[C@H]3O)C3CCC(C)CC3C2(C)C)C(C)(C)C2CC(C)CCC21. The molecule has 73 heavy (non-hydrogen) atoms. The minimum absolute atomic E-state index is 0.0198. The summed E-state index contributed by atoms with van der Waals surface area (Å²) in [6.45, 7) is 17.4. The highest BCUT2D eigenvalue weighted by Crippen LogP contribution is 2.62. The van der Waals surface area contributed by atoms with E-state index in [-0.39, 0.29) is 53.2 Å². The number of imidazole rings is 1. The number of nitrogens with one attached hydrogen (secondary N) is 2. The van der Waals surface area contributed by atoms with E-state index in [0.717, 1.165) is 38.2 Å². The molecule has 2 aromatic heterocycles. The van der Waals surface area contributed by atoms with Crippen LogP contribution in [-0.2, 0) is 41.1 Å². The predicted octanol–water partition coefficient (Wildman–Crippen LogP) is 3.79. The molecule has 0 aromatic carbocycles. The van der Waals surface area contributed by atoms with Gasteiger partial charge in [0.15, 0.2) is 35.6 Å². The number of alkyl carbamates (subject to hydrolysis) is 1. The summed E-state index contributed by atoms with van der Waals surface area (Å²) in [6.07, 6.45) is 11.8. The molecule has 7 rings (SSSR count). The van der Waals surface area contributed by atoms with Gasteiger partial charge in [-0.15, -0.1) is 0 Å². The van der Waals surface area contributed by atoms with E-state index < -0.39 is 60.7 Å². The number of nitrogen functional groups attached to an aromatic ring is 1. The Kier molecular flexibility index (Phi) is 17.9. The molecular weight excluding hydrogens is 1010 g/mol. The predicted molar refractivity (Wildman–Crippen MR) is 260 cm³/mol. The van der Waals surface area contributed by atoms with Gasteiger partial charge in [0.1, 0.15) is 30.6 Å². The highest BCUT2D eigenvalue weighted by Gasteiger charge is 2.56. The smallest absolute Gasteiger partial charge is 0.407 e. The van der Waals surface area contributed by atoms with Crippen molar-refractivity contribution in [3.63, 3.8) is 0 Å². The second-order valence-corrected chi connectivity index (χ2v) is 25.6. The van der Waals surface area contributed by atoms with Crippen LogP contribution in [0.1, 0.15) is 119 Å². The van der Waals surface area contributed by atoms with E-state index in [1.165, 1.54) is 60.8 Å². The van der Waals surface area contributed by atoms with E-state index in [1.807, 2.05) is 0 Å². The molecule has 0 bridgehead atoms. The van der Waals surface area contributed by atoms with Crippen molar-refractivity contribution in [2.24, 2.45) is 34.5 Å². The van der Waals surface area contributed by atoms with E-state index in [9.17, 15) is 43.1 Å². The van der Waals surface area contributed by atoms with Crippen molar-refractivity contribution >= 4 is 58.2 Å². The number of phosphoric acid groups is 3. The largest absolute Gasteiger partial charge is 0.756 e. The van der Waals surface area contributed by atoms with Crippen molar-refractivity contribution in [2.45, 2.75) is 149 Å². The summed E-state index contributed by atoms with van der Waals surface area (Å²) in [5.74, 6) is 2.46. The molecule has 27 heteroatoms. The molecule has 2 amide bonds. The number of rotatable bonds is 21. The summed E-state index contributed by atoms with van der Waals surface area (Å²) < 4.78 is 61.5. The number of unbranched alkanes of at least 4 members (excludes halogenated alkanes) is 2. The first-order valence-corrected chi connectivity index (χ1v) is 29.6. The number of phosphoric ester groups is 1. The van der Waals surface area contributed by atoms with Crippen LogP contribution in [0.3, 0.4) is 0 Å². The maximum absolute atomic E-state index is 13.0. The Morgan fingerprint density at radius 2 is 1.64 bits per heavy atom. The number of anilines is 1. The number of aliphatic hydroxyl groups is 1. The molecular formula is C46H72N9O15P3-2. The molecule has 0 spiro atoms. The lowest BCUT2D eigenvalue weighted by Crippen LogP contribution is -2.42. The molecule has 6 N–H and O–H groups in total. The number of allylic oxidation sites excluding steroid dienone is 4. The van der Waals surface area contributed by atoms with Gasteiger partial charge in [-0.1, -0.05) is 33.8 Å². The average Bonchev–Trinajstić information content (AvgIpc) is 3.97. The number of fused-ring (bicyclic) bond motifs is 3. The zero-order chi connectivity index (χ0) is 53.3. The lowest BCUT2D eigenvalue weighted by molar-refractivity contribution is -0.567. The second kappa shape index (κ2) is 22.9. The Morgan fingerprint density at radius 1 is 0.945 bits per heavy atom. The van der Waals surface area contributed by atoms with Gasteiger partial charge in [0.25, 0.3) is 23.5 Å². The summed E-state index contributed by atoms with van der Waals surface area (Å²) in [5.41, 5.74) is 9.05. The number of carbonyl (C=O) groups excluding carboxylic acids is 2. The van der Waals surface area contributed by atoms with Crippen LogP contribution in [0.2, 0.25) is 0 Å². The first kappa shape index (κ1) is 57.1. The van der Waals surface area contributed by atoms with Crippen LogP contribution in [0.25, 0.3) is 11.2 Å². The molecule has 2 saturated carbocycles. The van der Waals surface area contributed by atoms with E-state index in [1.54, 1.807) is 0 Å². The number of amides is 2. The van der Waals surface area contributed by atoms with Gasteiger partial charge in [-0.3, -0.25) is 23.1 Å². The van der Waals surface area contributed by atoms with Crippen molar-refractivity contribution in [1.29, 1.82) is 0 Å². The summed E-state index contributed by atoms with van der Waals surface area (Å²) in [6, 6.07) is 1.10. The van der Waals surface area contributed by atoms with Crippen molar-refractivity contribution in [1.82, 2.24) is 35.1 Å². The first-order valence-electron chi connectivity index (χ1n) is 25.2. The standard InChI is InChI=1S/C46H74N9O15P3/c1-8-53-32-18-16-28(2)23-30(32)45(4,5)35(53)13-12-14-36-46(6,7)31-24-29(3)17-19-33(31)54(36)22-11-9-10-15-37(56)48-20-21-49-44(58)68-40-34(25-66-72(62,63)70-73(64,65)69-71(59,60)61)67-43(39(40)57)55-27-52-38-41(47)50-26-51-42(38)55/h12-14,26-34,39-40,43,57H,8-11,15-25H2,1-7H3,(H7-,47,48,49,50,51,56,58,59,60,61,62,63,64,65)/p-2/t28?,29?,30?,31?,32?,33?,34-,39+,40?,43-/m1/s1. The minimum Gasteiger partial charge on any atom is -0.756 e. The van der Waals surface area contributed by atoms with Gasteiger partial charge in [0, 0.05) is 68.0 Å². The van der Waals surface area contributed by atoms with Crippen molar-refractivity contribution in [3.8, 4) is 0 Å². The summed E-state index contributed by atoms with van der Waals surface area (Å²) in [4.78, 5) is 84.2. The molecule has 3 aliphatic heterocycles. The lowest BCUT2D eigenvalue weighted by atomic mass is 9.66. The van der Waals surface area contributed by atoms with E-state index in [4.69, 9.17) is 20.1 Å². The number of hydrogen-bond donors (Lipinski definition) is 5. The van der Waals surface area contributed by atoms with E-state index >= 15 is 0 Å². The summed E-state index contributed by atoms with van der Waals surface area (Å²) in [7, 11) is -18.2. The number of nitrogens with zero attached hydrogens (tertiary/aromatic N) is 6. The number of likely N-dealkylation sites (tertiary alicyclic amines) is 1. The molecule has 2 aliphatic carbocycles. The number of aromatic nitrogens is 4. The Morgan fingerprint density at radius 3 is 2.36 bits per heavy atom. The Labute approximate surface area is 426 Å². The maximum atomic E-state index is 13.0. The van der Waals surface area contributed by atoms with Crippen molar-refractivity contribution in [3.05, 3.63) is 36.6 Å². The third-order valence-corrected chi connectivity index (χ3v) is 19.3. The molecule has 5 heterocycles. The van der Waals surface area contributed by atoms with Crippen LogP contribution < -0.4 is 31.0 Å². The molecule has 13 atom stereocenters. The average molecular weight is 1080 g/mol. The molecule has 24 nitrogen and oxygen atoms in total. The molecule has 5 aliphatic rings. The van der Waals surface area contributed by atoms with Gasteiger partial charge in [-0.25, -0.2) is 32.9 Å². The number of ether oxygens (including phenoxy) is 2. The van der Waals surface area contributed by atoms with Crippen LogP contribution in [0, 0.1) is 34.5 Å². The topological polar surface area (TPSA) is 341 Å². The molecule has 10 unspecified atom stereocenters. The Balaban J connectivity index is 0.906. The molecule has 0 radical (unpaired) electrons. The third kappa shape index (κ3) is 13.3. The summed E-state index contributed by atoms with van der Waals surface area (Å²) in [5, 5.41) is 16.5. The van der Waals surface area contributed by atoms with Gasteiger partial charge < -0.3 is 59.9 Å². The maximum Gasteiger partial charge on any atom is 0.407 e. The monoisotopic (exact) mass is 1080 g/mol. The van der Waals surface area contributed by atoms with E-state index in [0.29, 0.717) is 36.3 Å². The molecule has 2 saturated heterocycles. The van der Waals surface area contributed by atoms with Gasteiger partial charge >= 0.3 is 6.09 Å². The highest BCUT2D eigenvalue weighted by atomic mass is 31.3. The molecule has 408 valence electrons. The molecule has 2 aromatic rings. The Hall–Kier alpha value is -3.63. The Bertz CT molecular complexity index is 2570. The zero-order valence-corrected chi connectivity index (χ0v) is 45.3. The fourth-order valence-corrected chi connectivity index (χ4v) is 15.0. The quantitative estimate of drug-likeness (QED) is 0.0674. The number of nitrogens with two attached hydrogens (primary N) is 1. The van der Waals surface area contributed by atoms with Crippen molar-refractivity contribution < 1.29 is 75.2 Å². The lowest BCUT2D eigenvalue weighted by Gasteiger charge is -2.37. The fourth-order valence-electron chi connectivity index (χ4n) is 12.1. The normalized spacial score (nSPS) is 31.8. The van der Waals surface area contributed by atoms with Crippen LogP contribution in [0.4, 0.5) is 10.6 Å². The number of aliphatic hydroxyl groups excluding tert-OH is 1. The van der Waals surface area contributed by atoms with Gasteiger partial charge in [0.2, 0.25) is 5.91 Å². The van der Waals surface area contributed by atoms with Crippen LogP contribution in [0.15, 0.2) is 36.6 Å². The minimum atomic E-state index is -6.23. The summed E-state index contributed by atoms with van der Waals surface area (Å²) >= 11 is 0. The van der Waals surface area contributed by atoms with Gasteiger partial charge in [-0.05, 0) is 89.5 Å². The number of carbonyl (C=O) groups is 2. The third-order valence-electron chi connectivity index (χ3n) is 15.6. The van der Waals surface area contributed by atoms with E-state index in [2.05, 4.69) is 115 Å². The van der Waals surface area contributed by atoms with Crippen LogP contribution in [-0.4, -0.2) is 120 Å². The second-order valence-electron chi connectivity index (χ2n) is 21.3. The van der Waals surface area contributed by atoms with Crippen molar-refractivity contribution in [2.75, 3.05) is 38.5 Å². The first-order chi connectivity index (χ1) is 34.2. The number of hydrogen-bond acceptors (Lipinski definition) is 19. The fraction of sp³-hybridized carbons (Fsp3) is 0.739. The van der Waals surface area contributed by atoms with Crippen LogP contribution in [0.5, 0.6) is 0 Å². The zero-order valence-electron chi connectivity index (χ0n) is 42.6. The van der Waals surface area contributed by atoms with Gasteiger partial charge in [0.05, 0.1) is 18.3 Å². The van der Waals surface area contributed by atoms with Gasteiger partial charge in [-0.2, -0.15) is 0 Å².